The number of rotatable bonds is 6. The molecule has 0 radical (unpaired) electrons. The molecule has 17 heavy (non-hydrogen) atoms. The Balaban J connectivity index is 1.93. The molecule has 0 bridgehead atoms. The van der Waals surface area contributed by atoms with E-state index in [1.807, 2.05) is 25.1 Å². The van der Waals surface area contributed by atoms with Crippen LogP contribution in [0.4, 0.5) is 0 Å². The molecule has 92 valence electrons. The quantitative estimate of drug-likeness (QED) is 0.780. The number of benzene rings is 1. The first kappa shape index (κ1) is 12.1. The molecule has 0 saturated heterocycles. The third kappa shape index (κ3) is 3.86. The number of nitrogens with one attached hydrogen (secondary N) is 2. The van der Waals surface area contributed by atoms with E-state index in [-0.39, 0.29) is 11.9 Å². The number of hydrogen-bond donors (Lipinski definition) is 2. The van der Waals surface area contributed by atoms with Gasteiger partial charge in [-0.15, -0.1) is 0 Å². The highest BCUT2D eigenvalue weighted by atomic mass is 16.2. The summed E-state index contributed by atoms with van der Waals surface area (Å²) in [5, 5.41) is 6.31. The van der Waals surface area contributed by atoms with Crippen molar-refractivity contribution in [2.45, 2.75) is 38.3 Å². The lowest BCUT2D eigenvalue weighted by atomic mass is 10.1. The summed E-state index contributed by atoms with van der Waals surface area (Å²) < 4.78 is 0. The molecule has 1 amide bonds. The number of carbonyl (C=O) groups is 1. The summed E-state index contributed by atoms with van der Waals surface area (Å²) in [6, 6.07) is 10.5. The van der Waals surface area contributed by atoms with Gasteiger partial charge in [0.05, 0.1) is 6.04 Å². The summed E-state index contributed by atoms with van der Waals surface area (Å²) in [6.45, 7) is 2.85. The van der Waals surface area contributed by atoms with Gasteiger partial charge in [-0.3, -0.25) is 4.79 Å². The van der Waals surface area contributed by atoms with Gasteiger partial charge in [-0.2, -0.15) is 0 Å². The second-order valence-corrected chi connectivity index (χ2v) is 4.58. The molecule has 1 unspecified atom stereocenters. The third-order valence-corrected chi connectivity index (χ3v) is 2.97. The van der Waals surface area contributed by atoms with E-state index < -0.39 is 0 Å². The molecular weight excluding hydrogens is 212 g/mol. The molecule has 0 aliphatic heterocycles. The molecule has 1 atom stereocenters. The van der Waals surface area contributed by atoms with Gasteiger partial charge >= 0.3 is 0 Å². The average Bonchev–Trinajstić information content (AvgIpc) is 3.14. The van der Waals surface area contributed by atoms with Crippen molar-refractivity contribution < 1.29 is 4.79 Å². The van der Waals surface area contributed by atoms with Crippen molar-refractivity contribution >= 4 is 5.91 Å². The van der Waals surface area contributed by atoms with Crippen molar-refractivity contribution in [2.75, 3.05) is 6.54 Å². The number of likely N-dealkylation sites (N-methyl/N-ethyl adjacent to an activating group) is 1. The molecule has 1 aliphatic rings. The Hall–Kier alpha value is -1.35. The monoisotopic (exact) mass is 232 g/mol. The van der Waals surface area contributed by atoms with Crippen molar-refractivity contribution in [1.29, 1.82) is 0 Å². The van der Waals surface area contributed by atoms with Gasteiger partial charge in [0, 0.05) is 6.04 Å². The first-order valence-electron chi connectivity index (χ1n) is 6.37. The Morgan fingerprint density at radius 2 is 2.06 bits per heavy atom. The van der Waals surface area contributed by atoms with Crippen LogP contribution in [-0.4, -0.2) is 24.5 Å². The minimum absolute atomic E-state index is 0.108. The summed E-state index contributed by atoms with van der Waals surface area (Å²) in [7, 11) is 0. The van der Waals surface area contributed by atoms with Gasteiger partial charge in [-0.25, -0.2) is 0 Å². The summed E-state index contributed by atoms with van der Waals surface area (Å²) in [5.74, 6) is 0.137. The fourth-order valence-corrected chi connectivity index (χ4v) is 1.88. The fourth-order valence-electron chi connectivity index (χ4n) is 1.88. The van der Waals surface area contributed by atoms with Gasteiger partial charge in [-0.1, -0.05) is 37.3 Å². The van der Waals surface area contributed by atoms with Crippen LogP contribution in [0.25, 0.3) is 0 Å². The van der Waals surface area contributed by atoms with Crippen LogP contribution in [0.2, 0.25) is 0 Å². The van der Waals surface area contributed by atoms with Gasteiger partial charge in [0.2, 0.25) is 5.91 Å². The van der Waals surface area contributed by atoms with Gasteiger partial charge < -0.3 is 10.6 Å². The van der Waals surface area contributed by atoms with E-state index in [2.05, 4.69) is 22.8 Å². The predicted octanol–water partition coefficient (Wildman–Crippen LogP) is 1.49. The third-order valence-electron chi connectivity index (χ3n) is 2.97. The first-order chi connectivity index (χ1) is 8.29. The van der Waals surface area contributed by atoms with Crippen LogP contribution in [0, 0.1) is 0 Å². The fraction of sp³-hybridized carbons (Fsp3) is 0.500. The molecule has 1 aromatic carbocycles. The number of carbonyl (C=O) groups excluding carboxylic acids is 1. The first-order valence-corrected chi connectivity index (χ1v) is 6.37. The highest BCUT2D eigenvalue weighted by Gasteiger charge is 2.27. The average molecular weight is 232 g/mol. The molecule has 3 heteroatoms. The molecular formula is C14H20N2O. The smallest absolute Gasteiger partial charge is 0.237 e. The van der Waals surface area contributed by atoms with Crippen molar-refractivity contribution in [3.8, 4) is 0 Å². The summed E-state index contributed by atoms with van der Waals surface area (Å²) in [5.41, 5.74) is 1.20. The molecule has 1 aromatic rings. The Morgan fingerprint density at radius 3 is 2.65 bits per heavy atom. The Bertz CT molecular complexity index is 360. The summed E-state index contributed by atoms with van der Waals surface area (Å²) >= 11 is 0. The van der Waals surface area contributed by atoms with Crippen molar-refractivity contribution in [3.05, 3.63) is 35.9 Å². The van der Waals surface area contributed by atoms with E-state index in [0.29, 0.717) is 6.04 Å². The summed E-state index contributed by atoms with van der Waals surface area (Å²) in [4.78, 5) is 12.0. The lowest BCUT2D eigenvalue weighted by molar-refractivity contribution is -0.123. The van der Waals surface area contributed by atoms with Crippen LogP contribution in [0.1, 0.15) is 25.3 Å². The molecule has 1 saturated carbocycles. The zero-order chi connectivity index (χ0) is 12.1. The van der Waals surface area contributed by atoms with Crippen LogP contribution < -0.4 is 10.6 Å². The van der Waals surface area contributed by atoms with E-state index in [1.54, 1.807) is 0 Å². The second-order valence-electron chi connectivity index (χ2n) is 4.58. The molecule has 2 rings (SSSR count). The van der Waals surface area contributed by atoms with Crippen LogP contribution in [0.15, 0.2) is 30.3 Å². The van der Waals surface area contributed by atoms with Crippen molar-refractivity contribution in [1.82, 2.24) is 10.6 Å². The Kier molecular flexibility index (Phi) is 4.15. The number of amides is 1. The molecule has 1 aliphatic carbocycles. The standard InChI is InChI=1S/C14H20N2O/c1-2-15-13(14(17)16-12-8-9-12)10-11-6-4-3-5-7-11/h3-7,12-13,15H,2,8-10H2,1H3,(H,16,17). The highest BCUT2D eigenvalue weighted by molar-refractivity contribution is 5.82. The molecule has 2 N–H and O–H groups in total. The summed E-state index contributed by atoms with van der Waals surface area (Å²) in [6.07, 6.45) is 3.03. The molecule has 3 nitrogen and oxygen atoms in total. The zero-order valence-electron chi connectivity index (χ0n) is 10.3. The number of hydrogen-bond acceptors (Lipinski definition) is 2. The maximum absolute atomic E-state index is 12.0. The minimum Gasteiger partial charge on any atom is -0.352 e. The van der Waals surface area contributed by atoms with Gasteiger partial charge in [-0.05, 0) is 31.4 Å². The molecule has 0 spiro atoms. The second kappa shape index (κ2) is 5.82. The Labute approximate surface area is 103 Å². The maximum Gasteiger partial charge on any atom is 0.237 e. The normalized spacial score (nSPS) is 16.5. The molecule has 0 heterocycles. The van der Waals surface area contributed by atoms with Crippen molar-refractivity contribution in [2.24, 2.45) is 0 Å². The van der Waals surface area contributed by atoms with E-state index >= 15 is 0 Å². The van der Waals surface area contributed by atoms with Crippen LogP contribution in [-0.2, 0) is 11.2 Å². The van der Waals surface area contributed by atoms with E-state index in [1.165, 1.54) is 5.56 Å². The lowest BCUT2D eigenvalue weighted by Crippen LogP contribution is -2.46. The van der Waals surface area contributed by atoms with Crippen LogP contribution >= 0.6 is 0 Å². The highest BCUT2D eigenvalue weighted by Crippen LogP contribution is 2.18. The molecule has 1 fully saturated rings. The van der Waals surface area contributed by atoms with E-state index in [4.69, 9.17) is 0 Å². The van der Waals surface area contributed by atoms with Gasteiger partial charge in [0.1, 0.15) is 0 Å². The van der Waals surface area contributed by atoms with Crippen LogP contribution in [0.3, 0.4) is 0 Å². The van der Waals surface area contributed by atoms with E-state index in [9.17, 15) is 4.79 Å². The minimum atomic E-state index is -0.108. The molecule has 0 aromatic heterocycles. The van der Waals surface area contributed by atoms with Gasteiger partial charge in [0.15, 0.2) is 0 Å². The predicted molar refractivity (Wildman–Crippen MR) is 68.8 cm³/mol. The van der Waals surface area contributed by atoms with Crippen molar-refractivity contribution in [3.63, 3.8) is 0 Å². The Morgan fingerprint density at radius 1 is 1.35 bits per heavy atom. The van der Waals surface area contributed by atoms with Crippen LogP contribution in [0.5, 0.6) is 0 Å². The maximum atomic E-state index is 12.0. The SMILES string of the molecule is CCNC(Cc1ccccc1)C(=O)NC1CC1. The van der Waals surface area contributed by atoms with E-state index in [0.717, 1.165) is 25.8 Å². The zero-order valence-corrected chi connectivity index (χ0v) is 10.3. The topological polar surface area (TPSA) is 41.1 Å². The lowest BCUT2D eigenvalue weighted by Gasteiger charge is -2.17. The van der Waals surface area contributed by atoms with Gasteiger partial charge in [0.25, 0.3) is 0 Å². The largest absolute Gasteiger partial charge is 0.352 e.